The van der Waals surface area contributed by atoms with Gasteiger partial charge in [0.15, 0.2) is 5.78 Å². The molecule has 38 heavy (non-hydrogen) atoms. The number of carbonyl (C=O) groups is 2. The Morgan fingerprint density at radius 3 is 2.47 bits per heavy atom. The summed E-state index contributed by atoms with van der Waals surface area (Å²) < 4.78 is 19.8. The molecule has 1 aliphatic heterocycles. The molecule has 4 rings (SSSR count). The molecule has 2 aromatic carbocycles. The number of nitrogens with zero attached hydrogens (tertiary/aromatic N) is 4. The van der Waals surface area contributed by atoms with Crippen LogP contribution >= 0.6 is 0 Å². The van der Waals surface area contributed by atoms with Crippen molar-refractivity contribution >= 4 is 34.5 Å². The number of amides is 1. The Labute approximate surface area is 221 Å². The maximum Gasteiger partial charge on any atom is 0.261 e. The van der Waals surface area contributed by atoms with E-state index >= 15 is 0 Å². The number of likely N-dealkylation sites (N-methyl/N-ethyl adjacent to an activating group) is 1. The molecular weight excluding hydrogens is 491 g/mol. The summed E-state index contributed by atoms with van der Waals surface area (Å²) in [6.07, 6.45) is 0.597. The number of ketones is 1. The maximum atomic E-state index is 13.0. The number of carbonyl (C=O) groups excluding carboxylic acids is 2. The van der Waals surface area contributed by atoms with Gasteiger partial charge in [-0.2, -0.15) is 0 Å². The number of nitrogens with one attached hydrogen (secondary N) is 2. The Morgan fingerprint density at radius 2 is 1.84 bits per heavy atom. The molecule has 10 nitrogen and oxygen atoms in total. The Balaban J connectivity index is 0.000000279. The number of ether oxygens (including phenoxy) is 1. The third-order valence-electron chi connectivity index (χ3n) is 6.37. The van der Waals surface area contributed by atoms with Crippen LogP contribution in [-0.4, -0.2) is 85.5 Å². The van der Waals surface area contributed by atoms with Gasteiger partial charge in [-0.05, 0) is 50.4 Å². The lowest BCUT2D eigenvalue weighted by Gasteiger charge is -2.32. The van der Waals surface area contributed by atoms with Gasteiger partial charge in [0.2, 0.25) is 6.41 Å². The van der Waals surface area contributed by atoms with Crippen LogP contribution in [0, 0.1) is 5.82 Å². The first-order chi connectivity index (χ1) is 18.3. The number of halogens is 1. The average molecular weight is 527 g/mol. The number of piperazine rings is 1. The number of anilines is 2. The molecule has 0 saturated carbocycles. The van der Waals surface area contributed by atoms with Gasteiger partial charge in [0, 0.05) is 51.7 Å². The van der Waals surface area contributed by atoms with Gasteiger partial charge in [-0.15, -0.1) is 0 Å². The number of Topliss-reactive ketones (excluding diaryl/α,β-unsaturated/α-hetero) is 1. The van der Waals surface area contributed by atoms with E-state index < -0.39 is 5.82 Å². The fourth-order valence-corrected chi connectivity index (χ4v) is 4.12. The average Bonchev–Trinajstić information content (AvgIpc) is 2.91. The second-order valence-corrected chi connectivity index (χ2v) is 9.05. The molecule has 0 bridgehead atoms. The SMILES string of the molecule is CNc1ccc(F)c(C(C)=O)c1.COCCn1c(CN2CCN(C)CC2)nc2ccc(NC=O)cc2c1=O. The molecule has 1 aromatic heterocycles. The largest absolute Gasteiger partial charge is 0.388 e. The highest BCUT2D eigenvalue weighted by Crippen LogP contribution is 2.17. The standard InChI is InChI=1S/C18H25N5O3.C9H10FNO/c1-21-5-7-22(8-6-21)12-17-20-16-4-3-14(19-13-24)11-15(16)18(25)23(17)9-10-26-2;1-6(12)8-5-7(11-2)3-4-9(8)10/h3-4,11,13H,5-10,12H2,1-2H3,(H,19,24);3-5,11H,1-2H3. The molecule has 2 heterocycles. The summed E-state index contributed by atoms with van der Waals surface area (Å²) in [4.78, 5) is 43.9. The molecule has 1 aliphatic rings. The lowest BCUT2D eigenvalue weighted by Crippen LogP contribution is -2.45. The minimum Gasteiger partial charge on any atom is -0.388 e. The Kier molecular flexibility index (Phi) is 10.5. The molecule has 2 N–H and O–H groups in total. The minimum atomic E-state index is -0.471. The summed E-state index contributed by atoms with van der Waals surface area (Å²) in [6.45, 7) is 6.80. The maximum absolute atomic E-state index is 13.0. The van der Waals surface area contributed by atoms with Crippen LogP contribution in [0.1, 0.15) is 23.1 Å². The van der Waals surface area contributed by atoms with Gasteiger partial charge in [0.1, 0.15) is 11.6 Å². The number of fused-ring (bicyclic) bond motifs is 1. The van der Waals surface area contributed by atoms with Crippen LogP contribution in [0.2, 0.25) is 0 Å². The van der Waals surface area contributed by atoms with Crippen LogP contribution < -0.4 is 16.2 Å². The molecular formula is C27H35FN6O4. The van der Waals surface area contributed by atoms with Gasteiger partial charge >= 0.3 is 0 Å². The summed E-state index contributed by atoms with van der Waals surface area (Å²) >= 11 is 0. The number of benzene rings is 2. The Bertz CT molecular complexity index is 1320. The zero-order valence-corrected chi connectivity index (χ0v) is 22.3. The van der Waals surface area contributed by atoms with Gasteiger partial charge in [-0.25, -0.2) is 9.37 Å². The highest BCUT2D eigenvalue weighted by Gasteiger charge is 2.18. The van der Waals surface area contributed by atoms with Crippen LogP contribution in [0.3, 0.4) is 0 Å². The van der Waals surface area contributed by atoms with E-state index in [-0.39, 0.29) is 16.9 Å². The quantitative estimate of drug-likeness (QED) is 0.323. The number of aromatic nitrogens is 2. The Morgan fingerprint density at radius 1 is 1.13 bits per heavy atom. The van der Waals surface area contributed by atoms with Gasteiger partial charge in [-0.3, -0.25) is 23.9 Å². The fraction of sp³-hybridized carbons (Fsp3) is 0.407. The van der Waals surface area contributed by atoms with Crippen molar-refractivity contribution in [3.63, 3.8) is 0 Å². The number of rotatable bonds is 9. The molecule has 0 radical (unpaired) electrons. The smallest absolute Gasteiger partial charge is 0.261 e. The van der Waals surface area contributed by atoms with Crippen LogP contribution in [0.5, 0.6) is 0 Å². The molecule has 1 saturated heterocycles. The van der Waals surface area contributed by atoms with Gasteiger partial charge in [0.25, 0.3) is 5.56 Å². The molecule has 0 spiro atoms. The van der Waals surface area contributed by atoms with Crippen molar-refractivity contribution in [2.45, 2.75) is 20.0 Å². The predicted octanol–water partition coefficient (Wildman–Crippen LogP) is 2.43. The zero-order valence-electron chi connectivity index (χ0n) is 22.3. The molecule has 3 aromatic rings. The van der Waals surface area contributed by atoms with Crippen molar-refractivity contribution < 1.29 is 18.7 Å². The highest BCUT2D eigenvalue weighted by molar-refractivity contribution is 5.95. The van der Waals surface area contributed by atoms with Crippen molar-refractivity contribution in [3.8, 4) is 0 Å². The van der Waals surface area contributed by atoms with Gasteiger partial charge in [0.05, 0.1) is 36.2 Å². The van der Waals surface area contributed by atoms with Crippen molar-refractivity contribution in [2.75, 3.05) is 64.6 Å². The molecule has 0 aliphatic carbocycles. The van der Waals surface area contributed by atoms with Crippen molar-refractivity contribution in [1.29, 1.82) is 0 Å². The second-order valence-electron chi connectivity index (χ2n) is 9.05. The lowest BCUT2D eigenvalue weighted by molar-refractivity contribution is -0.105. The fourth-order valence-electron chi connectivity index (χ4n) is 4.12. The van der Waals surface area contributed by atoms with Crippen molar-refractivity contribution in [1.82, 2.24) is 19.4 Å². The first kappa shape index (κ1) is 28.9. The first-order valence-electron chi connectivity index (χ1n) is 12.4. The van der Waals surface area contributed by atoms with Crippen LogP contribution in [0.25, 0.3) is 10.9 Å². The summed E-state index contributed by atoms with van der Waals surface area (Å²) in [7, 11) is 5.45. The zero-order chi connectivity index (χ0) is 27.7. The lowest BCUT2D eigenvalue weighted by atomic mass is 10.1. The van der Waals surface area contributed by atoms with E-state index in [9.17, 15) is 18.8 Å². The summed E-state index contributed by atoms with van der Waals surface area (Å²) in [5.41, 5.74) is 1.98. The van der Waals surface area contributed by atoms with Gasteiger partial charge < -0.3 is 20.3 Å². The van der Waals surface area contributed by atoms with Crippen LogP contribution in [0.15, 0.2) is 41.2 Å². The first-order valence-corrected chi connectivity index (χ1v) is 12.4. The third kappa shape index (κ3) is 7.44. The molecule has 1 amide bonds. The van der Waals surface area contributed by atoms with E-state index in [1.807, 2.05) is 0 Å². The van der Waals surface area contributed by atoms with E-state index in [0.29, 0.717) is 42.7 Å². The second kappa shape index (κ2) is 13.8. The van der Waals surface area contributed by atoms with Crippen LogP contribution in [-0.2, 0) is 22.6 Å². The molecule has 1 fully saturated rings. The van der Waals surface area contributed by atoms with E-state index in [4.69, 9.17) is 9.72 Å². The molecule has 0 atom stereocenters. The summed E-state index contributed by atoms with van der Waals surface area (Å²) in [6, 6.07) is 9.56. The van der Waals surface area contributed by atoms with E-state index in [1.54, 1.807) is 43.0 Å². The van der Waals surface area contributed by atoms with E-state index in [2.05, 4.69) is 27.5 Å². The van der Waals surface area contributed by atoms with Crippen molar-refractivity contribution in [2.24, 2.45) is 0 Å². The Hall–Kier alpha value is -3.67. The summed E-state index contributed by atoms with van der Waals surface area (Å²) in [5.74, 6) is 0.0197. The summed E-state index contributed by atoms with van der Waals surface area (Å²) in [5, 5.41) is 5.91. The topological polar surface area (TPSA) is 109 Å². The minimum absolute atomic E-state index is 0.106. The monoisotopic (exact) mass is 526 g/mol. The predicted molar refractivity (Wildman–Crippen MR) is 146 cm³/mol. The van der Waals surface area contributed by atoms with E-state index in [0.717, 1.165) is 37.7 Å². The third-order valence-corrected chi connectivity index (χ3v) is 6.37. The normalized spacial score (nSPS) is 14.0. The van der Waals surface area contributed by atoms with Crippen LogP contribution in [0.4, 0.5) is 15.8 Å². The number of hydrogen-bond acceptors (Lipinski definition) is 8. The van der Waals surface area contributed by atoms with E-state index in [1.165, 1.54) is 19.1 Å². The number of methoxy groups -OCH3 is 1. The number of hydrogen-bond donors (Lipinski definition) is 2. The van der Waals surface area contributed by atoms with Crippen molar-refractivity contribution in [3.05, 3.63) is 64.0 Å². The molecule has 0 unspecified atom stereocenters. The highest BCUT2D eigenvalue weighted by atomic mass is 19.1. The molecule has 204 valence electrons. The van der Waals surface area contributed by atoms with Gasteiger partial charge in [-0.1, -0.05) is 0 Å². The molecule has 11 heteroatoms.